The molecule has 1 rings (SSSR count). The molecule has 0 radical (unpaired) electrons. The lowest BCUT2D eigenvalue weighted by Crippen LogP contribution is -1.95. The van der Waals surface area contributed by atoms with Crippen molar-refractivity contribution in [2.45, 2.75) is 26.1 Å². The first-order valence-electron chi connectivity index (χ1n) is 3.39. The molecule has 1 heterocycles. The molecule has 0 fully saturated rings. The molecule has 5 heteroatoms. The summed E-state index contributed by atoms with van der Waals surface area (Å²) in [6.07, 6.45) is -1.37. The second kappa shape index (κ2) is 2.98. The van der Waals surface area contributed by atoms with E-state index in [0.717, 1.165) is 0 Å². The van der Waals surface area contributed by atoms with E-state index in [9.17, 15) is 0 Å². The molecule has 0 aliphatic carbocycles. The number of rotatable bonds is 2. The van der Waals surface area contributed by atoms with E-state index < -0.39 is 12.2 Å². The normalized spacial score (nSPS) is 16.4. The fraction of sp³-hybridized carbons (Fsp3) is 0.667. The van der Waals surface area contributed by atoms with Crippen LogP contribution in [0.4, 0.5) is 0 Å². The molecule has 2 atom stereocenters. The molecule has 0 aliphatic heterocycles. The van der Waals surface area contributed by atoms with Crippen LogP contribution in [0.1, 0.15) is 37.7 Å². The first-order valence-corrected chi connectivity index (χ1v) is 3.39. The van der Waals surface area contributed by atoms with Gasteiger partial charge in [0.2, 0.25) is 0 Å². The van der Waals surface area contributed by atoms with Gasteiger partial charge < -0.3 is 10.2 Å². The molecule has 5 nitrogen and oxygen atoms in total. The van der Waals surface area contributed by atoms with Gasteiger partial charge in [0.25, 0.3) is 0 Å². The average Bonchev–Trinajstić information content (AvgIpc) is 2.33. The first kappa shape index (κ1) is 8.16. The zero-order valence-corrected chi connectivity index (χ0v) is 6.44. The summed E-state index contributed by atoms with van der Waals surface area (Å²) in [5.41, 5.74) is 0. The van der Waals surface area contributed by atoms with E-state index in [0.29, 0.717) is 11.6 Å². The summed E-state index contributed by atoms with van der Waals surface area (Å²) in [5, 5.41) is 24.2. The molecule has 0 bridgehead atoms. The fourth-order valence-corrected chi connectivity index (χ4v) is 0.662. The molecule has 0 amide bonds. The summed E-state index contributed by atoms with van der Waals surface area (Å²) in [6.45, 7) is 3.14. The Hall–Kier alpha value is -0.940. The topological polar surface area (TPSA) is 82.0 Å². The zero-order chi connectivity index (χ0) is 8.43. The Morgan fingerprint density at radius 1 is 1.27 bits per heavy atom. The number of hydrogen-bond donors (Lipinski definition) is 3. The largest absolute Gasteiger partial charge is 0.385 e. The number of aromatic nitrogens is 3. The van der Waals surface area contributed by atoms with E-state index in [2.05, 4.69) is 15.2 Å². The zero-order valence-electron chi connectivity index (χ0n) is 6.44. The second-order valence-electron chi connectivity index (χ2n) is 2.43. The minimum atomic E-state index is -0.696. The third kappa shape index (κ3) is 1.75. The standard InChI is InChI=1S/C6H11N3O2/c1-3(10)5-7-6(4(2)11)9-8-5/h3-4,10-11H,1-2H3,(H,7,8,9). The van der Waals surface area contributed by atoms with Crippen LogP contribution in [0.2, 0.25) is 0 Å². The maximum atomic E-state index is 9.00. The van der Waals surface area contributed by atoms with Crippen LogP contribution in [0.25, 0.3) is 0 Å². The van der Waals surface area contributed by atoms with Gasteiger partial charge in [0, 0.05) is 0 Å². The van der Waals surface area contributed by atoms with E-state index in [1.54, 1.807) is 13.8 Å². The van der Waals surface area contributed by atoms with Gasteiger partial charge in [0.15, 0.2) is 11.6 Å². The van der Waals surface area contributed by atoms with E-state index in [4.69, 9.17) is 10.2 Å². The number of aromatic amines is 1. The van der Waals surface area contributed by atoms with Gasteiger partial charge in [0.05, 0.1) is 0 Å². The number of nitrogens with one attached hydrogen (secondary N) is 1. The maximum Gasteiger partial charge on any atom is 0.178 e. The van der Waals surface area contributed by atoms with Crippen molar-refractivity contribution in [1.82, 2.24) is 15.2 Å². The van der Waals surface area contributed by atoms with Crippen molar-refractivity contribution in [2.24, 2.45) is 0 Å². The predicted octanol–water partition coefficient (Wildman–Crippen LogP) is -0.0887. The Kier molecular flexibility index (Phi) is 2.21. The van der Waals surface area contributed by atoms with Gasteiger partial charge in [-0.15, -0.1) is 0 Å². The third-order valence-corrected chi connectivity index (χ3v) is 1.29. The van der Waals surface area contributed by atoms with Crippen LogP contribution in [0.15, 0.2) is 0 Å². The molecular formula is C6H11N3O2. The van der Waals surface area contributed by atoms with E-state index in [1.807, 2.05) is 0 Å². The molecular weight excluding hydrogens is 146 g/mol. The van der Waals surface area contributed by atoms with Crippen molar-refractivity contribution in [3.63, 3.8) is 0 Å². The molecule has 0 aromatic carbocycles. The van der Waals surface area contributed by atoms with Crippen LogP contribution in [0.5, 0.6) is 0 Å². The molecule has 62 valence electrons. The molecule has 3 N–H and O–H groups in total. The minimum Gasteiger partial charge on any atom is -0.385 e. The van der Waals surface area contributed by atoms with Crippen LogP contribution in [-0.4, -0.2) is 25.4 Å². The molecule has 11 heavy (non-hydrogen) atoms. The second-order valence-corrected chi connectivity index (χ2v) is 2.43. The Balaban J connectivity index is 2.82. The lowest BCUT2D eigenvalue weighted by atomic mass is 10.4. The van der Waals surface area contributed by atoms with Gasteiger partial charge in [-0.05, 0) is 13.8 Å². The van der Waals surface area contributed by atoms with Crippen LogP contribution < -0.4 is 0 Å². The molecule has 0 saturated heterocycles. The number of H-pyrrole nitrogens is 1. The summed E-state index contributed by atoms with van der Waals surface area (Å²) in [5.74, 6) is 0.682. The number of aliphatic hydroxyl groups is 2. The minimum absolute atomic E-state index is 0.306. The van der Waals surface area contributed by atoms with Crippen LogP contribution in [0.3, 0.4) is 0 Å². The van der Waals surface area contributed by atoms with Crippen molar-refractivity contribution >= 4 is 0 Å². The summed E-state index contributed by atoms with van der Waals surface area (Å²) in [7, 11) is 0. The van der Waals surface area contributed by atoms with E-state index >= 15 is 0 Å². The predicted molar refractivity (Wildman–Crippen MR) is 37.7 cm³/mol. The van der Waals surface area contributed by atoms with E-state index in [1.165, 1.54) is 0 Å². The lowest BCUT2D eigenvalue weighted by molar-refractivity contribution is 0.183. The fourth-order valence-electron chi connectivity index (χ4n) is 0.662. The van der Waals surface area contributed by atoms with E-state index in [-0.39, 0.29) is 0 Å². The number of hydrogen-bond acceptors (Lipinski definition) is 4. The number of nitrogens with zero attached hydrogens (tertiary/aromatic N) is 2. The van der Waals surface area contributed by atoms with Crippen LogP contribution >= 0.6 is 0 Å². The van der Waals surface area contributed by atoms with Gasteiger partial charge in [-0.25, -0.2) is 4.98 Å². The Morgan fingerprint density at radius 3 is 2.18 bits per heavy atom. The van der Waals surface area contributed by atoms with Crippen molar-refractivity contribution in [1.29, 1.82) is 0 Å². The lowest BCUT2D eigenvalue weighted by Gasteiger charge is -1.96. The summed E-state index contributed by atoms with van der Waals surface area (Å²) in [4.78, 5) is 3.84. The highest BCUT2D eigenvalue weighted by atomic mass is 16.3. The van der Waals surface area contributed by atoms with Crippen molar-refractivity contribution in [3.05, 3.63) is 11.6 Å². The maximum absolute atomic E-state index is 9.00. The molecule has 1 aromatic heterocycles. The summed E-state index contributed by atoms with van der Waals surface area (Å²) < 4.78 is 0. The van der Waals surface area contributed by atoms with Gasteiger partial charge in [-0.1, -0.05) is 0 Å². The van der Waals surface area contributed by atoms with Crippen LogP contribution in [0, 0.1) is 0 Å². The van der Waals surface area contributed by atoms with Crippen molar-refractivity contribution in [3.8, 4) is 0 Å². The third-order valence-electron chi connectivity index (χ3n) is 1.29. The average molecular weight is 157 g/mol. The summed E-state index contributed by atoms with van der Waals surface area (Å²) in [6, 6.07) is 0. The van der Waals surface area contributed by atoms with Crippen LogP contribution in [-0.2, 0) is 0 Å². The highest BCUT2D eigenvalue weighted by Gasteiger charge is 2.10. The molecule has 0 saturated carbocycles. The Bertz CT molecular complexity index is 209. The Labute approximate surface area is 64.1 Å². The van der Waals surface area contributed by atoms with Crippen molar-refractivity contribution < 1.29 is 10.2 Å². The number of aliphatic hydroxyl groups excluding tert-OH is 2. The van der Waals surface area contributed by atoms with Crippen molar-refractivity contribution in [2.75, 3.05) is 0 Å². The molecule has 0 aliphatic rings. The Morgan fingerprint density at radius 2 is 1.91 bits per heavy atom. The molecule has 0 spiro atoms. The smallest absolute Gasteiger partial charge is 0.178 e. The van der Waals surface area contributed by atoms with Gasteiger partial charge in [0.1, 0.15) is 12.2 Å². The SMILES string of the molecule is CC(O)c1n[nH]c(C(C)O)n1. The van der Waals surface area contributed by atoms with Gasteiger partial charge in [-0.3, -0.25) is 5.10 Å². The molecule has 2 unspecified atom stereocenters. The highest BCUT2D eigenvalue weighted by Crippen LogP contribution is 2.09. The van der Waals surface area contributed by atoms with Gasteiger partial charge in [-0.2, -0.15) is 5.10 Å². The summed E-state index contributed by atoms with van der Waals surface area (Å²) >= 11 is 0. The van der Waals surface area contributed by atoms with Gasteiger partial charge >= 0.3 is 0 Å². The molecule has 1 aromatic rings. The monoisotopic (exact) mass is 157 g/mol. The quantitative estimate of drug-likeness (QED) is 0.560. The first-order chi connectivity index (χ1) is 5.11. The highest BCUT2D eigenvalue weighted by molar-refractivity contribution is 4.94.